The normalized spacial score (nSPS) is 10.1. The Labute approximate surface area is 166 Å². The van der Waals surface area contributed by atoms with Crippen LogP contribution in [0.1, 0.15) is 11.1 Å². The maximum Gasteiger partial charge on any atom is 0.361 e. The summed E-state index contributed by atoms with van der Waals surface area (Å²) in [5, 5.41) is 12.4. The fourth-order valence-electron chi connectivity index (χ4n) is 2.92. The van der Waals surface area contributed by atoms with Gasteiger partial charge in [-0.1, -0.05) is 66.7 Å². The van der Waals surface area contributed by atoms with Crippen LogP contribution < -0.4 is 16.2 Å². The topological polar surface area (TPSA) is 49.4 Å². The highest BCUT2D eigenvalue weighted by Crippen LogP contribution is 2.09. The average molecular weight is 365 g/mol. The van der Waals surface area contributed by atoms with Crippen LogP contribution in [0, 0.1) is 17.9 Å². The summed E-state index contributed by atoms with van der Waals surface area (Å²) in [6.45, 7) is 8.93. The molecule has 3 aromatic rings. The molecule has 4 nitrogen and oxygen atoms in total. The van der Waals surface area contributed by atoms with Crippen molar-refractivity contribution in [2.75, 3.05) is 13.2 Å². The van der Waals surface area contributed by atoms with Gasteiger partial charge >= 0.3 is 6.92 Å². The second-order valence-electron chi connectivity index (χ2n) is 6.35. The van der Waals surface area contributed by atoms with Gasteiger partial charge in [-0.25, -0.2) is 4.85 Å². The van der Waals surface area contributed by atoms with Gasteiger partial charge in [-0.05, 0) is 28.6 Å². The summed E-state index contributed by atoms with van der Waals surface area (Å²) in [7, 11) is 0. The summed E-state index contributed by atoms with van der Waals surface area (Å²) < 4.78 is 6.18. The summed E-state index contributed by atoms with van der Waals surface area (Å²) in [5.41, 5.74) is 4.43. The van der Waals surface area contributed by atoms with Gasteiger partial charge in [-0.3, -0.25) is 0 Å². The summed E-state index contributed by atoms with van der Waals surface area (Å²) in [4.78, 5) is 3.44. The van der Waals surface area contributed by atoms with Crippen molar-refractivity contribution in [2.24, 2.45) is 0 Å². The number of rotatable bonds is 8. The molecule has 5 heteroatoms. The summed E-state index contributed by atoms with van der Waals surface area (Å²) >= 11 is 0. The molecule has 3 aromatic carbocycles. The Morgan fingerprint density at radius 1 is 0.929 bits per heavy atom. The molecule has 0 atom stereocenters. The molecule has 0 amide bonds. The highest BCUT2D eigenvalue weighted by Gasteiger charge is 2.21. The Bertz CT molecular complexity index is 900. The number of benzene rings is 3. The van der Waals surface area contributed by atoms with Gasteiger partial charge in [0, 0.05) is 19.7 Å². The van der Waals surface area contributed by atoms with E-state index in [9.17, 15) is 0 Å². The van der Waals surface area contributed by atoms with Crippen molar-refractivity contribution in [3.05, 3.63) is 101 Å². The van der Waals surface area contributed by atoms with Gasteiger partial charge in [-0.2, -0.15) is 5.26 Å². The molecular weight excluding hydrogens is 345 g/mol. The standard InChI is InChI=1S/C23H20BN3O/c1-26-23-13-11-22(12-14-23)24(21-9-7-19(17-25)8-10-21)28-16-15-27-18-20-5-3-2-4-6-20/h2-14,27H,15-16,18H2. The Hall–Kier alpha value is -3.38. The average Bonchev–Trinajstić information content (AvgIpc) is 2.77. The first-order chi connectivity index (χ1) is 13.8. The van der Waals surface area contributed by atoms with Gasteiger partial charge < -0.3 is 9.97 Å². The SMILES string of the molecule is [C-]#[N+]c1ccc(B(OCCNCc2ccccc2)c2ccc(C#N)cc2)cc1. The minimum Gasteiger partial charge on any atom is -0.426 e. The maximum absolute atomic E-state index is 9.02. The molecular formula is C23H20BN3O. The lowest BCUT2D eigenvalue weighted by atomic mass is 9.55. The van der Waals surface area contributed by atoms with E-state index in [4.69, 9.17) is 16.5 Å². The van der Waals surface area contributed by atoms with E-state index < -0.39 is 0 Å². The van der Waals surface area contributed by atoms with Crippen LogP contribution in [-0.4, -0.2) is 20.1 Å². The first kappa shape index (κ1) is 19.4. The molecule has 0 fully saturated rings. The molecule has 0 saturated carbocycles. The number of hydrogen-bond donors (Lipinski definition) is 1. The monoisotopic (exact) mass is 365 g/mol. The summed E-state index contributed by atoms with van der Waals surface area (Å²) in [6, 6.07) is 27.3. The van der Waals surface area contributed by atoms with E-state index in [0.29, 0.717) is 17.9 Å². The van der Waals surface area contributed by atoms with E-state index in [1.807, 2.05) is 42.5 Å². The van der Waals surface area contributed by atoms with Gasteiger partial charge in [0.25, 0.3) is 0 Å². The second-order valence-corrected chi connectivity index (χ2v) is 6.35. The predicted molar refractivity (Wildman–Crippen MR) is 113 cm³/mol. The van der Waals surface area contributed by atoms with E-state index >= 15 is 0 Å². The molecule has 0 spiro atoms. The summed E-state index contributed by atoms with van der Waals surface area (Å²) in [6.07, 6.45) is 0. The van der Waals surface area contributed by atoms with Crippen LogP contribution in [-0.2, 0) is 11.2 Å². The molecule has 1 N–H and O–H groups in total. The summed E-state index contributed by atoms with van der Waals surface area (Å²) in [5.74, 6) is 0. The van der Waals surface area contributed by atoms with E-state index in [-0.39, 0.29) is 6.92 Å². The molecule has 28 heavy (non-hydrogen) atoms. The molecule has 0 bridgehead atoms. The van der Waals surface area contributed by atoms with E-state index in [2.05, 4.69) is 28.4 Å². The first-order valence-corrected chi connectivity index (χ1v) is 9.14. The minimum absolute atomic E-state index is 0.244. The molecule has 0 aliphatic heterocycles. The zero-order valence-electron chi connectivity index (χ0n) is 15.5. The second kappa shape index (κ2) is 10.1. The number of hydrogen-bond acceptors (Lipinski definition) is 3. The predicted octanol–water partition coefficient (Wildman–Crippen LogP) is 3.02. The third kappa shape index (κ3) is 5.31. The smallest absolute Gasteiger partial charge is 0.361 e. The molecule has 0 aromatic heterocycles. The molecule has 0 radical (unpaired) electrons. The molecule has 3 rings (SSSR count). The molecule has 0 aliphatic rings. The van der Waals surface area contributed by atoms with Gasteiger partial charge in [0.1, 0.15) is 0 Å². The zero-order valence-corrected chi connectivity index (χ0v) is 15.5. The molecule has 136 valence electrons. The molecule has 0 heterocycles. The van der Waals surface area contributed by atoms with Crippen molar-refractivity contribution in [2.45, 2.75) is 6.54 Å². The Morgan fingerprint density at radius 3 is 2.18 bits per heavy atom. The number of nitrogens with zero attached hydrogens (tertiary/aromatic N) is 2. The lowest BCUT2D eigenvalue weighted by molar-refractivity contribution is 0.328. The maximum atomic E-state index is 9.02. The van der Waals surface area contributed by atoms with Gasteiger partial charge in [0.15, 0.2) is 5.69 Å². The van der Waals surface area contributed by atoms with Crippen molar-refractivity contribution < 1.29 is 4.65 Å². The Morgan fingerprint density at radius 2 is 1.57 bits per heavy atom. The van der Waals surface area contributed by atoms with Crippen LogP contribution in [0.5, 0.6) is 0 Å². The van der Waals surface area contributed by atoms with Gasteiger partial charge in [0.05, 0.1) is 18.2 Å². The van der Waals surface area contributed by atoms with Crippen molar-refractivity contribution in [1.29, 1.82) is 5.26 Å². The minimum atomic E-state index is -0.244. The van der Waals surface area contributed by atoms with Crippen molar-refractivity contribution in [3.8, 4) is 6.07 Å². The third-order valence-corrected chi connectivity index (χ3v) is 4.40. The fourth-order valence-corrected chi connectivity index (χ4v) is 2.92. The Balaban J connectivity index is 1.65. The lowest BCUT2D eigenvalue weighted by Gasteiger charge is -2.16. The lowest BCUT2D eigenvalue weighted by Crippen LogP contribution is -2.46. The highest BCUT2D eigenvalue weighted by atomic mass is 16.4. The quantitative estimate of drug-likeness (QED) is 0.379. The van der Waals surface area contributed by atoms with Gasteiger partial charge in [-0.15, -0.1) is 0 Å². The van der Waals surface area contributed by atoms with Crippen LogP contribution in [0.25, 0.3) is 4.85 Å². The van der Waals surface area contributed by atoms with Gasteiger partial charge in [0.2, 0.25) is 0 Å². The number of nitrogens with one attached hydrogen (secondary N) is 1. The fraction of sp³-hybridized carbons (Fsp3) is 0.130. The third-order valence-electron chi connectivity index (χ3n) is 4.40. The van der Waals surface area contributed by atoms with Crippen molar-refractivity contribution >= 4 is 23.5 Å². The van der Waals surface area contributed by atoms with Crippen LogP contribution in [0.3, 0.4) is 0 Å². The molecule has 0 unspecified atom stereocenters. The van der Waals surface area contributed by atoms with Crippen molar-refractivity contribution in [3.63, 3.8) is 0 Å². The number of nitriles is 1. The van der Waals surface area contributed by atoms with E-state index in [1.165, 1.54) is 5.56 Å². The molecule has 0 saturated heterocycles. The van der Waals surface area contributed by atoms with Crippen LogP contribution in [0.2, 0.25) is 0 Å². The Kier molecular flexibility index (Phi) is 6.98. The highest BCUT2D eigenvalue weighted by molar-refractivity contribution is 6.80. The van der Waals surface area contributed by atoms with E-state index in [0.717, 1.165) is 24.0 Å². The first-order valence-electron chi connectivity index (χ1n) is 9.14. The van der Waals surface area contributed by atoms with Crippen LogP contribution >= 0.6 is 0 Å². The largest absolute Gasteiger partial charge is 0.426 e. The van der Waals surface area contributed by atoms with Crippen LogP contribution in [0.4, 0.5) is 5.69 Å². The van der Waals surface area contributed by atoms with E-state index in [1.54, 1.807) is 24.3 Å². The zero-order chi connectivity index (χ0) is 19.6. The van der Waals surface area contributed by atoms with Crippen LogP contribution in [0.15, 0.2) is 78.9 Å². The van der Waals surface area contributed by atoms with Crippen molar-refractivity contribution in [1.82, 2.24) is 5.32 Å². The molecule has 0 aliphatic carbocycles.